The molecule has 0 unspecified atom stereocenters. The van der Waals surface area contributed by atoms with E-state index < -0.39 is 0 Å². The number of hydrogen-bond acceptors (Lipinski definition) is 2. The minimum Gasteiger partial charge on any atom is -0.508 e. The zero-order chi connectivity index (χ0) is 8.85. The average Bonchev–Trinajstić information content (AvgIpc) is 1.88. The normalized spacial score (nSPS) is 8.27. The predicted octanol–water partition coefficient (Wildman–Crippen LogP) is 2.43. The first-order valence-electron chi connectivity index (χ1n) is 3.68. The molecule has 0 aliphatic rings. The maximum atomic E-state index is 8.83. The average molecular weight is 154 g/mol. The lowest BCUT2D eigenvalue weighted by Gasteiger charge is -1.94. The smallest absolute Gasteiger partial charge is 0.119 e. The summed E-state index contributed by atoms with van der Waals surface area (Å²) >= 11 is 0. The van der Waals surface area contributed by atoms with Crippen LogP contribution in [0.15, 0.2) is 18.2 Å². The number of aryl methyl sites for hydroxylation is 1. The molecule has 0 bridgehead atoms. The van der Waals surface area contributed by atoms with Gasteiger partial charge in [0.2, 0.25) is 0 Å². The standard InChI is InChI=1S/C7H8O2.C2H6/c1-5-2-6(8)4-7(9)3-5;1-2/h2-4,8-9H,1H3;1-2H3. The van der Waals surface area contributed by atoms with Crippen LogP contribution in [0.2, 0.25) is 0 Å². The number of phenols is 2. The summed E-state index contributed by atoms with van der Waals surface area (Å²) in [6, 6.07) is 4.46. The molecule has 0 fully saturated rings. The zero-order valence-corrected chi connectivity index (χ0v) is 7.13. The Labute approximate surface area is 67.1 Å². The van der Waals surface area contributed by atoms with Gasteiger partial charge < -0.3 is 10.2 Å². The van der Waals surface area contributed by atoms with Crippen LogP contribution < -0.4 is 0 Å². The molecule has 0 saturated heterocycles. The van der Waals surface area contributed by atoms with Crippen LogP contribution in [0.5, 0.6) is 11.5 Å². The summed E-state index contributed by atoms with van der Waals surface area (Å²) in [6.45, 7) is 5.80. The fourth-order valence-electron chi connectivity index (χ4n) is 0.743. The third kappa shape index (κ3) is 3.50. The highest BCUT2D eigenvalue weighted by atomic mass is 16.3. The van der Waals surface area contributed by atoms with Crippen LogP contribution >= 0.6 is 0 Å². The van der Waals surface area contributed by atoms with Crippen LogP contribution in [0.25, 0.3) is 0 Å². The third-order valence-electron chi connectivity index (χ3n) is 1.05. The molecular formula is C9H14O2. The predicted molar refractivity (Wildman–Crippen MR) is 45.9 cm³/mol. The molecule has 1 aromatic rings. The highest BCUT2D eigenvalue weighted by Gasteiger charge is 1.91. The van der Waals surface area contributed by atoms with E-state index in [-0.39, 0.29) is 11.5 Å². The van der Waals surface area contributed by atoms with Gasteiger partial charge in [0, 0.05) is 6.07 Å². The molecule has 2 heteroatoms. The van der Waals surface area contributed by atoms with E-state index in [4.69, 9.17) is 10.2 Å². The second kappa shape index (κ2) is 4.61. The van der Waals surface area contributed by atoms with Gasteiger partial charge in [0.25, 0.3) is 0 Å². The van der Waals surface area contributed by atoms with Gasteiger partial charge in [-0.3, -0.25) is 0 Å². The van der Waals surface area contributed by atoms with Crippen molar-refractivity contribution in [2.45, 2.75) is 20.8 Å². The molecule has 0 aliphatic carbocycles. The molecule has 0 amide bonds. The van der Waals surface area contributed by atoms with Gasteiger partial charge in [-0.15, -0.1) is 0 Å². The Bertz CT molecular complexity index is 168. The van der Waals surface area contributed by atoms with E-state index in [9.17, 15) is 0 Å². The topological polar surface area (TPSA) is 40.5 Å². The van der Waals surface area contributed by atoms with Gasteiger partial charge in [-0.05, 0) is 24.6 Å². The summed E-state index contributed by atoms with van der Waals surface area (Å²) in [4.78, 5) is 0. The monoisotopic (exact) mass is 154 g/mol. The van der Waals surface area contributed by atoms with Crippen LogP contribution in [0.4, 0.5) is 0 Å². The van der Waals surface area contributed by atoms with Crippen LogP contribution in [0, 0.1) is 6.92 Å². The van der Waals surface area contributed by atoms with Gasteiger partial charge in [0.1, 0.15) is 11.5 Å². The summed E-state index contributed by atoms with van der Waals surface area (Å²) in [5.41, 5.74) is 0.854. The van der Waals surface area contributed by atoms with E-state index >= 15 is 0 Å². The van der Waals surface area contributed by atoms with Gasteiger partial charge in [0.05, 0.1) is 0 Å². The first-order chi connectivity index (χ1) is 5.18. The number of rotatable bonds is 0. The van der Waals surface area contributed by atoms with Crippen molar-refractivity contribution in [3.63, 3.8) is 0 Å². The summed E-state index contributed by atoms with van der Waals surface area (Å²) in [5.74, 6) is 0.208. The van der Waals surface area contributed by atoms with Crippen molar-refractivity contribution >= 4 is 0 Å². The van der Waals surface area contributed by atoms with Gasteiger partial charge in [-0.2, -0.15) is 0 Å². The second-order valence-corrected chi connectivity index (χ2v) is 2.03. The molecule has 0 atom stereocenters. The van der Waals surface area contributed by atoms with Gasteiger partial charge >= 0.3 is 0 Å². The number of phenolic OH excluding ortho intramolecular Hbond substituents is 2. The van der Waals surface area contributed by atoms with Crippen molar-refractivity contribution in [1.82, 2.24) is 0 Å². The molecule has 0 aliphatic heterocycles. The van der Waals surface area contributed by atoms with Crippen LogP contribution in [0.1, 0.15) is 19.4 Å². The second-order valence-electron chi connectivity index (χ2n) is 2.03. The first kappa shape index (κ1) is 9.82. The van der Waals surface area contributed by atoms with Crippen LogP contribution in [-0.4, -0.2) is 10.2 Å². The van der Waals surface area contributed by atoms with E-state index in [1.54, 1.807) is 19.1 Å². The maximum Gasteiger partial charge on any atom is 0.119 e. The van der Waals surface area contributed by atoms with Crippen molar-refractivity contribution < 1.29 is 10.2 Å². The van der Waals surface area contributed by atoms with Gasteiger partial charge in [-0.1, -0.05) is 13.8 Å². The SMILES string of the molecule is CC.Cc1cc(O)cc(O)c1. The highest BCUT2D eigenvalue weighted by molar-refractivity contribution is 5.35. The summed E-state index contributed by atoms with van der Waals surface area (Å²) < 4.78 is 0. The molecule has 1 rings (SSSR count). The lowest BCUT2D eigenvalue weighted by atomic mass is 10.2. The van der Waals surface area contributed by atoms with Crippen LogP contribution in [-0.2, 0) is 0 Å². The third-order valence-corrected chi connectivity index (χ3v) is 1.05. The quantitative estimate of drug-likeness (QED) is 0.602. The molecule has 2 nitrogen and oxygen atoms in total. The lowest BCUT2D eigenvalue weighted by Crippen LogP contribution is -1.70. The number of aromatic hydroxyl groups is 2. The fraction of sp³-hybridized carbons (Fsp3) is 0.333. The Morgan fingerprint density at radius 3 is 1.55 bits per heavy atom. The van der Waals surface area contributed by atoms with Crippen molar-refractivity contribution in [3.05, 3.63) is 23.8 Å². The molecule has 0 saturated carbocycles. The van der Waals surface area contributed by atoms with Crippen molar-refractivity contribution in [3.8, 4) is 11.5 Å². The molecular weight excluding hydrogens is 140 g/mol. The Morgan fingerprint density at radius 1 is 0.909 bits per heavy atom. The van der Waals surface area contributed by atoms with Crippen molar-refractivity contribution in [2.24, 2.45) is 0 Å². The number of hydrogen-bond donors (Lipinski definition) is 2. The largest absolute Gasteiger partial charge is 0.508 e. The fourth-order valence-corrected chi connectivity index (χ4v) is 0.743. The minimum atomic E-state index is 0.104. The van der Waals surface area contributed by atoms with Crippen molar-refractivity contribution in [2.75, 3.05) is 0 Å². The summed E-state index contributed by atoms with van der Waals surface area (Å²) in [5, 5.41) is 17.7. The van der Waals surface area contributed by atoms with Crippen molar-refractivity contribution in [1.29, 1.82) is 0 Å². The molecule has 62 valence electrons. The van der Waals surface area contributed by atoms with E-state index in [1.165, 1.54) is 6.07 Å². The maximum absolute atomic E-state index is 8.83. The zero-order valence-electron chi connectivity index (χ0n) is 7.13. The molecule has 2 N–H and O–H groups in total. The Balaban J connectivity index is 0.000000461. The highest BCUT2D eigenvalue weighted by Crippen LogP contribution is 2.18. The van der Waals surface area contributed by atoms with Gasteiger partial charge in [-0.25, -0.2) is 0 Å². The Morgan fingerprint density at radius 2 is 1.27 bits per heavy atom. The van der Waals surface area contributed by atoms with E-state index in [0.29, 0.717) is 0 Å². The molecule has 0 heterocycles. The summed E-state index contributed by atoms with van der Waals surface area (Å²) in [7, 11) is 0. The Hall–Kier alpha value is -1.18. The van der Waals surface area contributed by atoms with E-state index in [0.717, 1.165) is 5.56 Å². The molecule has 0 radical (unpaired) electrons. The van der Waals surface area contributed by atoms with E-state index in [1.807, 2.05) is 13.8 Å². The molecule has 0 aromatic heterocycles. The van der Waals surface area contributed by atoms with E-state index in [2.05, 4.69) is 0 Å². The van der Waals surface area contributed by atoms with Gasteiger partial charge in [0.15, 0.2) is 0 Å². The molecule has 1 aromatic carbocycles. The van der Waals surface area contributed by atoms with Crippen LogP contribution in [0.3, 0.4) is 0 Å². The Kier molecular flexibility index (Phi) is 4.11. The number of benzene rings is 1. The lowest BCUT2D eigenvalue weighted by molar-refractivity contribution is 0.450. The summed E-state index contributed by atoms with van der Waals surface area (Å²) in [6.07, 6.45) is 0. The molecule has 0 spiro atoms. The minimum absolute atomic E-state index is 0.104. The first-order valence-corrected chi connectivity index (χ1v) is 3.68. The molecule has 11 heavy (non-hydrogen) atoms.